The van der Waals surface area contributed by atoms with Crippen LogP contribution < -0.4 is 4.74 Å². The number of methoxy groups -OCH3 is 1. The molecule has 2 aromatic carbocycles. The van der Waals surface area contributed by atoms with Crippen molar-refractivity contribution >= 4 is 27.3 Å². The van der Waals surface area contributed by atoms with E-state index in [1.807, 2.05) is 24.3 Å². The normalized spacial score (nSPS) is 9.91. The van der Waals surface area contributed by atoms with E-state index in [1.54, 1.807) is 13.2 Å². The summed E-state index contributed by atoms with van der Waals surface area (Å²) < 4.78 is 5.48. The van der Waals surface area contributed by atoms with Crippen molar-refractivity contribution in [2.45, 2.75) is 6.42 Å². The third kappa shape index (κ3) is 3.55. The van der Waals surface area contributed by atoms with Crippen LogP contribution in [-0.4, -0.2) is 12.0 Å². The lowest BCUT2D eigenvalue weighted by Gasteiger charge is -2.07. The molecule has 0 spiro atoms. The van der Waals surface area contributed by atoms with E-state index in [0.717, 1.165) is 16.9 Å². The number of nitrogens with zero attached hydrogens (tertiary/aromatic N) is 4. The number of ether oxygens (including phenoxy) is 1. The lowest BCUT2D eigenvalue weighted by atomic mass is 10.0. The van der Waals surface area contributed by atoms with Gasteiger partial charge in [0, 0.05) is 15.5 Å². The summed E-state index contributed by atoms with van der Waals surface area (Å²) in [5.41, 5.74) is 9.98. The smallest absolute Gasteiger partial charge is 0.280 e. The Hall–Kier alpha value is -2.57. The Morgan fingerprint density at radius 2 is 2.00 bits per heavy atom. The fourth-order valence-corrected chi connectivity index (χ4v) is 2.58. The van der Waals surface area contributed by atoms with Crippen LogP contribution in [-0.2, 0) is 6.42 Å². The maximum absolute atomic E-state index is 11.1. The van der Waals surface area contributed by atoms with Crippen molar-refractivity contribution in [1.82, 2.24) is 0 Å². The molecule has 112 valence electrons. The number of hydrogen-bond donors (Lipinski definition) is 0. The van der Waals surface area contributed by atoms with Gasteiger partial charge >= 0.3 is 0 Å². The average Bonchev–Trinajstić information content (AvgIpc) is 2.50. The molecule has 0 saturated heterocycles. The lowest BCUT2D eigenvalue weighted by Crippen LogP contribution is -1.94. The minimum atomic E-state index is -0.563. The number of nitro benzene ring substituents is 1. The van der Waals surface area contributed by atoms with E-state index in [4.69, 9.17) is 10.3 Å². The molecule has 0 heterocycles. The van der Waals surface area contributed by atoms with Gasteiger partial charge in [0.25, 0.3) is 5.69 Å². The Bertz CT molecular complexity index is 755. The van der Waals surface area contributed by atoms with E-state index >= 15 is 0 Å². The lowest BCUT2D eigenvalue weighted by molar-refractivity contribution is -0.384. The van der Waals surface area contributed by atoms with Crippen LogP contribution in [0.4, 0.5) is 11.4 Å². The maximum atomic E-state index is 11.1. The highest BCUT2D eigenvalue weighted by molar-refractivity contribution is 9.10. The quantitative estimate of drug-likeness (QED) is 0.248. The van der Waals surface area contributed by atoms with Crippen LogP contribution in [0, 0.1) is 10.1 Å². The molecule has 0 N–H and O–H groups in total. The van der Waals surface area contributed by atoms with Gasteiger partial charge in [0.05, 0.1) is 12.0 Å². The van der Waals surface area contributed by atoms with Gasteiger partial charge in [-0.1, -0.05) is 33.2 Å². The molecule has 0 aliphatic rings. The SMILES string of the molecule is COc1ccc(Cc2cc(Br)c(N=[N+]=[N-])c([N+](=O)[O-])c2)cc1. The van der Waals surface area contributed by atoms with Crippen LogP contribution in [0.3, 0.4) is 0 Å². The predicted octanol–water partition coefficient (Wildman–Crippen LogP) is 4.90. The van der Waals surface area contributed by atoms with Crippen LogP contribution in [0.1, 0.15) is 11.1 Å². The molecule has 7 nitrogen and oxygen atoms in total. The first kappa shape index (κ1) is 15.8. The fraction of sp³-hybridized carbons (Fsp3) is 0.143. The Morgan fingerprint density at radius 1 is 1.32 bits per heavy atom. The number of benzene rings is 2. The Kier molecular flexibility index (Phi) is 4.98. The van der Waals surface area contributed by atoms with Gasteiger partial charge in [-0.05, 0) is 41.3 Å². The van der Waals surface area contributed by atoms with E-state index < -0.39 is 4.92 Å². The van der Waals surface area contributed by atoms with Crippen molar-refractivity contribution in [3.8, 4) is 5.75 Å². The Morgan fingerprint density at radius 3 is 2.55 bits per heavy atom. The highest BCUT2D eigenvalue weighted by atomic mass is 79.9. The molecular formula is C14H11BrN4O3. The van der Waals surface area contributed by atoms with Crippen LogP contribution in [0.15, 0.2) is 46.0 Å². The second-order valence-corrected chi connectivity index (χ2v) is 5.27. The molecule has 0 aliphatic heterocycles. The number of halogens is 1. The molecule has 0 saturated carbocycles. The van der Waals surface area contributed by atoms with E-state index in [-0.39, 0.29) is 11.4 Å². The maximum Gasteiger partial charge on any atom is 0.280 e. The molecule has 8 heteroatoms. The van der Waals surface area contributed by atoms with Gasteiger partial charge in [-0.25, -0.2) is 0 Å². The van der Waals surface area contributed by atoms with Crippen molar-refractivity contribution in [2.24, 2.45) is 5.11 Å². The predicted molar refractivity (Wildman–Crippen MR) is 85.4 cm³/mol. The molecule has 2 rings (SSSR count). The first-order chi connectivity index (χ1) is 10.5. The molecule has 0 amide bonds. The van der Waals surface area contributed by atoms with E-state index in [9.17, 15) is 10.1 Å². The topological polar surface area (TPSA) is 101 Å². The second-order valence-electron chi connectivity index (χ2n) is 4.42. The van der Waals surface area contributed by atoms with E-state index in [2.05, 4.69) is 26.0 Å². The van der Waals surface area contributed by atoms with Gasteiger partial charge in [-0.3, -0.25) is 10.1 Å². The summed E-state index contributed by atoms with van der Waals surface area (Å²) in [6.07, 6.45) is 0.514. The van der Waals surface area contributed by atoms with Crippen molar-refractivity contribution in [2.75, 3.05) is 7.11 Å². The van der Waals surface area contributed by atoms with Gasteiger partial charge < -0.3 is 4.74 Å². The molecule has 0 aliphatic carbocycles. The highest BCUT2D eigenvalue weighted by Crippen LogP contribution is 2.37. The monoisotopic (exact) mass is 362 g/mol. The number of nitro groups is 1. The van der Waals surface area contributed by atoms with Crippen LogP contribution >= 0.6 is 15.9 Å². The number of hydrogen-bond acceptors (Lipinski definition) is 4. The van der Waals surface area contributed by atoms with Crippen molar-refractivity contribution in [1.29, 1.82) is 0 Å². The summed E-state index contributed by atoms with van der Waals surface area (Å²) in [6.45, 7) is 0. The first-order valence-electron chi connectivity index (χ1n) is 6.20. The van der Waals surface area contributed by atoms with Crippen molar-refractivity contribution in [3.63, 3.8) is 0 Å². The summed E-state index contributed by atoms with van der Waals surface area (Å²) in [7, 11) is 1.59. The van der Waals surface area contributed by atoms with Gasteiger partial charge in [0.2, 0.25) is 0 Å². The zero-order valence-electron chi connectivity index (χ0n) is 11.6. The van der Waals surface area contributed by atoms with Crippen LogP contribution in [0.25, 0.3) is 10.4 Å². The number of azide groups is 1. The standard InChI is InChI=1S/C14H11BrN4O3/c1-22-11-4-2-9(3-5-11)6-10-7-12(15)14(17-18-16)13(8-10)19(20)21/h2-5,7-8H,6H2,1H3. The van der Waals surface area contributed by atoms with Crippen molar-refractivity contribution in [3.05, 3.63) is 72.6 Å². The summed E-state index contributed by atoms with van der Waals surface area (Å²) >= 11 is 3.21. The summed E-state index contributed by atoms with van der Waals surface area (Å²) in [5.74, 6) is 0.745. The summed E-state index contributed by atoms with van der Waals surface area (Å²) in [4.78, 5) is 13.2. The molecule has 0 aromatic heterocycles. The fourth-order valence-electron chi connectivity index (χ4n) is 2.00. The Balaban J connectivity index is 2.39. The number of rotatable bonds is 5. The molecule has 22 heavy (non-hydrogen) atoms. The molecule has 2 aromatic rings. The largest absolute Gasteiger partial charge is 0.497 e. The zero-order chi connectivity index (χ0) is 16.1. The van der Waals surface area contributed by atoms with Crippen LogP contribution in [0.5, 0.6) is 5.75 Å². The van der Waals surface area contributed by atoms with Gasteiger partial charge in [0.1, 0.15) is 11.4 Å². The highest BCUT2D eigenvalue weighted by Gasteiger charge is 2.17. The molecule has 0 unspecified atom stereocenters. The van der Waals surface area contributed by atoms with Gasteiger partial charge in [-0.2, -0.15) is 0 Å². The van der Waals surface area contributed by atoms with Crippen molar-refractivity contribution < 1.29 is 9.66 Å². The van der Waals surface area contributed by atoms with Gasteiger partial charge in [-0.15, -0.1) is 0 Å². The molecule has 0 fully saturated rings. The second kappa shape index (κ2) is 6.93. The van der Waals surface area contributed by atoms with E-state index in [0.29, 0.717) is 10.9 Å². The zero-order valence-corrected chi connectivity index (χ0v) is 13.1. The third-order valence-corrected chi connectivity index (χ3v) is 3.62. The Labute approximate surface area is 134 Å². The van der Waals surface area contributed by atoms with Crippen LogP contribution in [0.2, 0.25) is 0 Å². The summed E-state index contributed by atoms with van der Waals surface area (Å²) in [5, 5.41) is 14.5. The van der Waals surface area contributed by atoms with Gasteiger partial charge in [0.15, 0.2) is 0 Å². The molecule has 0 atom stereocenters. The van der Waals surface area contributed by atoms with E-state index in [1.165, 1.54) is 6.07 Å². The minimum absolute atomic E-state index is 0.0222. The molecule has 0 bridgehead atoms. The molecule has 0 radical (unpaired) electrons. The first-order valence-corrected chi connectivity index (χ1v) is 6.99. The minimum Gasteiger partial charge on any atom is -0.497 e. The summed E-state index contributed by atoms with van der Waals surface area (Å²) in [6, 6.07) is 10.6. The third-order valence-electron chi connectivity index (χ3n) is 3.01. The average molecular weight is 363 g/mol. The molecular weight excluding hydrogens is 352 g/mol.